The predicted octanol–water partition coefficient (Wildman–Crippen LogP) is 8.88. The van der Waals surface area contributed by atoms with Gasteiger partial charge < -0.3 is 4.90 Å². The van der Waals surface area contributed by atoms with Gasteiger partial charge in [-0.05, 0) is 50.7 Å². The van der Waals surface area contributed by atoms with E-state index in [2.05, 4.69) is 110 Å². The van der Waals surface area contributed by atoms with Gasteiger partial charge in [-0.15, -0.1) is 0 Å². The molecule has 5 aromatic rings. The molecule has 0 spiro atoms. The van der Waals surface area contributed by atoms with E-state index < -0.39 is 0 Å². The molecule has 0 aliphatic heterocycles. The molecule has 0 aromatic heterocycles. The molecule has 0 saturated carbocycles. The standard InChI is InChI=1S/C36H33N3/c1-5-25(3)34(6-2)39(4)36(31-23-18-26-12-7-8-14-30(26)24-31)38-35(37)29-21-19-28(20-22-29)33-17-11-15-27-13-9-10-16-32(27)33/h5,7-24,34,37H,1,3,6H2,2,4H3/b37-35?,38-36-. The van der Waals surface area contributed by atoms with Gasteiger partial charge in [0, 0.05) is 18.2 Å². The van der Waals surface area contributed by atoms with Gasteiger partial charge in [0.2, 0.25) is 0 Å². The Bertz CT molecular complexity index is 1700. The van der Waals surface area contributed by atoms with Crippen molar-refractivity contribution in [3.05, 3.63) is 145 Å². The monoisotopic (exact) mass is 507 g/mol. The smallest absolute Gasteiger partial charge is 0.154 e. The topological polar surface area (TPSA) is 39.5 Å². The zero-order valence-electron chi connectivity index (χ0n) is 22.6. The van der Waals surface area contributed by atoms with Crippen LogP contribution in [0.4, 0.5) is 0 Å². The second kappa shape index (κ2) is 11.3. The number of nitrogens with one attached hydrogen (secondary N) is 1. The zero-order valence-corrected chi connectivity index (χ0v) is 22.6. The summed E-state index contributed by atoms with van der Waals surface area (Å²) >= 11 is 0. The third-order valence-electron chi connectivity index (χ3n) is 7.36. The summed E-state index contributed by atoms with van der Waals surface area (Å²) < 4.78 is 0. The Hall–Kier alpha value is -4.76. The molecule has 39 heavy (non-hydrogen) atoms. The lowest BCUT2D eigenvalue weighted by Gasteiger charge is -2.31. The molecule has 3 heteroatoms. The highest BCUT2D eigenvalue weighted by molar-refractivity contribution is 6.11. The molecule has 3 nitrogen and oxygen atoms in total. The highest BCUT2D eigenvalue weighted by Gasteiger charge is 2.21. The molecule has 0 fully saturated rings. The van der Waals surface area contributed by atoms with Crippen molar-refractivity contribution in [2.45, 2.75) is 19.4 Å². The summed E-state index contributed by atoms with van der Waals surface area (Å²) in [6.45, 7) is 10.3. The van der Waals surface area contributed by atoms with Gasteiger partial charge in [-0.1, -0.05) is 129 Å². The largest absolute Gasteiger partial charge is 0.352 e. The molecule has 0 saturated heterocycles. The average Bonchev–Trinajstić information content (AvgIpc) is 2.99. The maximum atomic E-state index is 8.97. The Balaban J connectivity index is 1.53. The van der Waals surface area contributed by atoms with E-state index in [1.807, 2.05) is 31.3 Å². The predicted molar refractivity (Wildman–Crippen MR) is 168 cm³/mol. The van der Waals surface area contributed by atoms with Crippen LogP contribution in [0.3, 0.4) is 0 Å². The molecule has 192 valence electrons. The summed E-state index contributed by atoms with van der Waals surface area (Å²) in [6.07, 6.45) is 2.65. The molecule has 0 heterocycles. The van der Waals surface area contributed by atoms with Crippen molar-refractivity contribution in [3.8, 4) is 11.1 Å². The Morgan fingerprint density at radius 2 is 1.46 bits per heavy atom. The van der Waals surface area contributed by atoms with Crippen LogP contribution in [0.2, 0.25) is 0 Å². The van der Waals surface area contributed by atoms with Gasteiger partial charge in [-0.25, -0.2) is 4.99 Å². The van der Waals surface area contributed by atoms with Gasteiger partial charge in [0.15, 0.2) is 5.84 Å². The van der Waals surface area contributed by atoms with Gasteiger partial charge in [0.05, 0.1) is 6.04 Å². The van der Waals surface area contributed by atoms with E-state index in [0.29, 0.717) is 0 Å². The van der Waals surface area contributed by atoms with E-state index in [1.54, 1.807) is 6.08 Å². The van der Waals surface area contributed by atoms with Crippen molar-refractivity contribution in [2.24, 2.45) is 4.99 Å². The molecular weight excluding hydrogens is 474 g/mol. The fourth-order valence-corrected chi connectivity index (χ4v) is 5.20. The molecule has 0 bridgehead atoms. The Morgan fingerprint density at radius 3 is 2.18 bits per heavy atom. The number of likely N-dealkylation sites (N-methyl/N-ethyl adjacent to an activating group) is 1. The first-order valence-corrected chi connectivity index (χ1v) is 13.3. The van der Waals surface area contributed by atoms with Crippen LogP contribution >= 0.6 is 0 Å². The average molecular weight is 508 g/mol. The molecule has 1 N–H and O–H groups in total. The number of hydrogen-bond acceptors (Lipinski definition) is 1. The van der Waals surface area contributed by atoms with Crippen molar-refractivity contribution in [1.29, 1.82) is 5.41 Å². The van der Waals surface area contributed by atoms with Crippen LogP contribution in [-0.2, 0) is 0 Å². The highest BCUT2D eigenvalue weighted by atomic mass is 15.2. The number of benzene rings is 5. The third-order valence-corrected chi connectivity index (χ3v) is 7.36. The van der Waals surface area contributed by atoms with E-state index in [-0.39, 0.29) is 11.9 Å². The summed E-state index contributed by atoms with van der Waals surface area (Å²) in [5, 5.41) is 13.7. The molecule has 1 unspecified atom stereocenters. The fourth-order valence-electron chi connectivity index (χ4n) is 5.20. The lowest BCUT2D eigenvalue weighted by Crippen LogP contribution is -2.38. The molecular formula is C36H33N3. The van der Waals surface area contributed by atoms with Crippen LogP contribution in [0.25, 0.3) is 32.7 Å². The molecule has 1 atom stereocenters. The van der Waals surface area contributed by atoms with Crippen molar-refractivity contribution in [2.75, 3.05) is 7.05 Å². The van der Waals surface area contributed by atoms with Crippen molar-refractivity contribution in [3.63, 3.8) is 0 Å². The number of aliphatic imine (C=N–C) groups is 1. The number of rotatable bonds is 7. The van der Waals surface area contributed by atoms with Crippen LogP contribution in [-0.4, -0.2) is 29.7 Å². The van der Waals surface area contributed by atoms with Crippen LogP contribution < -0.4 is 0 Å². The summed E-state index contributed by atoms with van der Waals surface area (Å²) in [4.78, 5) is 7.03. The zero-order chi connectivity index (χ0) is 27.4. The van der Waals surface area contributed by atoms with Crippen LogP contribution in [0.1, 0.15) is 24.5 Å². The second-order valence-corrected chi connectivity index (χ2v) is 9.76. The van der Waals surface area contributed by atoms with Gasteiger partial charge in [0.1, 0.15) is 5.84 Å². The summed E-state index contributed by atoms with van der Waals surface area (Å²) in [5.41, 5.74) is 4.96. The highest BCUT2D eigenvalue weighted by Crippen LogP contribution is 2.29. The van der Waals surface area contributed by atoms with E-state index in [1.165, 1.54) is 21.7 Å². The van der Waals surface area contributed by atoms with Crippen molar-refractivity contribution < 1.29 is 0 Å². The van der Waals surface area contributed by atoms with E-state index in [0.717, 1.165) is 39.9 Å². The minimum absolute atomic E-state index is 0.0225. The SMILES string of the molecule is C=CC(=C)C(CC)N(C)/C(=N\C(=N)c1ccc(-c2cccc3ccccc23)cc1)c1ccc2ccccc2c1. The van der Waals surface area contributed by atoms with Gasteiger partial charge in [0.25, 0.3) is 0 Å². The Kier molecular flexibility index (Phi) is 7.51. The quantitative estimate of drug-likeness (QED) is 0.133. The lowest BCUT2D eigenvalue weighted by atomic mass is 9.97. The molecule has 5 rings (SSSR count). The first-order valence-electron chi connectivity index (χ1n) is 13.3. The van der Waals surface area contributed by atoms with Gasteiger partial charge >= 0.3 is 0 Å². The third kappa shape index (κ3) is 5.30. The first kappa shape index (κ1) is 25.9. The van der Waals surface area contributed by atoms with Crippen molar-refractivity contribution in [1.82, 2.24) is 4.90 Å². The summed E-state index contributed by atoms with van der Waals surface area (Å²) in [7, 11) is 2.02. The normalized spacial score (nSPS) is 12.3. The van der Waals surface area contributed by atoms with Crippen LogP contribution in [0.15, 0.2) is 139 Å². The Labute approximate surface area is 231 Å². The Morgan fingerprint density at radius 1 is 0.821 bits per heavy atom. The minimum Gasteiger partial charge on any atom is -0.352 e. The van der Waals surface area contributed by atoms with Gasteiger partial charge in [-0.3, -0.25) is 5.41 Å². The van der Waals surface area contributed by atoms with Crippen LogP contribution in [0.5, 0.6) is 0 Å². The molecule has 0 aliphatic rings. The summed E-state index contributed by atoms with van der Waals surface area (Å²) in [6, 6.07) is 37.6. The number of nitrogens with zero attached hydrogens (tertiary/aromatic N) is 2. The van der Waals surface area contributed by atoms with Crippen LogP contribution in [0, 0.1) is 5.41 Å². The number of hydrogen-bond donors (Lipinski definition) is 1. The first-order chi connectivity index (χ1) is 19.0. The number of fused-ring (bicyclic) bond motifs is 2. The van der Waals surface area contributed by atoms with E-state index >= 15 is 0 Å². The van der Waals surface area contributed by atoms with E-state index in [4.69, 9.17) is 10.4 Å². The maximum absolute atomic E-state index is 8.97. The minimum atomic E-state index is 0.0225. The molecule has 0 aliphatic carbocycles. The maximum Gasteiger partial charge on any atom is 0.154 e. The fraction of sp³-hybridized carbons (Fsp3) is 0.111. The van der Waals surface area contributed by atoms with Gasteiger partial charge in [-0.2, -0.15) is 0 Å². The second-order valence-electron chi connectivity index (χ2n) is 9.76. The van der Waals surface area contributed by atoms with E-state index in [9.17, 15) is 0 Å². The molecule has 0 radical (unpaired) electrons. The van der Waals surface area contributed by atoms with Crippen molar-refractivity contribution >= 4 is 33.2 Å². The molecule has 0 amide bonds. The molecule has 5 aromatic carbocycles. The lowest BCUT2D eigenvalue weighted by molar-refractivity contribution is 0.406. The number of amidine groups is 2. The summed E-state index contributed by atoms with van der Waals surface area (Å²) in [5.74, 6) is 0.951.